The van der Waals surface area contributed by atoms with Crippen LogP contribution in [0.15, 0.2) is 30.3 Å². The van der Waals surface area contributed by atoms with Crippen molar-refractivity contribution < 1.29 is 38.5 Å². The standard InChI is InChI=1S/C23H26FN3O7S/c1-11(2)7-13(21(30)27-16(22(31)32)10-19(28)29)8-14-4-6-18(35-14)23(33)34-17-5-3-12(20(25)26)9-15(17)24/h3-6,9,11,13,16H,7-8,10H2,1-2H3,(H3,25,26)(H,27,30)(H,28,29)(H,31,32)/t13?,16-/m0/s1. The van der Waals surface area contributed by atoms with E-state index in [9.17, 15) is 28.7 Å². The molecular weight excluding hydrogens is 481 g/mol. The average Bonchev–Trinajstić information content (AvgIpc) is 3.22. The molecule has 0 spiro atoms. The molecule has 1 unspecified atom stereocenters. The van der Waals surface area contributed by atoms with Crippen LogP contribution in [0.2, 0.25) is 0 Å². The fourth-order valence-corrected chi connectivity index (χ4v) is 4.22. The van der Waals surface area contributed by atoms with E-state index in [4.69, 9.17) is 21.0 Å². The van der Waals surface area contributed by atoms with Gasteiger partial charge in [0.1, 0.15) is 16.8 Å². The molecule has 2 aromatic rings. The maximum atomic E-state index is 14.2. The molecule has 6 N–H and O–H groups in total. The molecular formula is C23H26FN3O7S. The van der Waals surface area contributed by atoms with Crippen molar-refractivity contribution in [2.24, 2.45) is 17.6 Å². The number of carbonyl (C=O) groups is 4. The van der Waals surface area contributed by atoms with Crippen LogP contribution in [0, 0.1) is 23.1 Å². The van der Waals surface area contributed by atoms with Gasteiger partial charge < -0.3 is 26.0 Å². The topological polar surface area (TPSA) is 180 Å². The van der Waals surface area contributed by atoms with Gasteiger partial charge in [0.25, 0.3) is 0 Å². The summed E-state index contributed by atoms with van der Waals surface area (Å²) < 4.78 is 19.3. The summed E-state index contributed by atoms with van der Waals surface area (Å²) >= 11 is 1.04. The number of nitrogen functional groups attached to an aromatic ring is 1. The lowest BCUT2D eigenvalue weighted by molar-refractivity contribution is -0.147. The van der Waals surface area contributed by atoms with Crippen molar-refractivity contribution in [3.8, 4) is 5.75 Å². The number of rotatable bonds is 12. The second-order valence-electron chi connectivity index (χ2n) is 8.24. The summed E-state index contributed by atoms with van der Waals surface area (Å²) in [6.07, 6.45) is -0.173. The molecule has 2 rings (SSSR count). The van der Waals surface area contributed by atoms with Crippen molar-refractivity contribution in [2.75, 3.05) is 0 Å². The van der Waals surface area contributed by atoms with Crippen molar-refractivity contribution >= 4 is 41.0 Å². The predicted molar refractivity (Wildman–Crippen MR) is 125 cm³/mol. The fourth-order valence-electron chi connectivity index (χ4n) is 3.26. The minimum atomic E-state index is -1.56. The Balaban J connectivity index is 2.12. The summed E-state index contributed by atoms with van der Waals surface area (Å²) in [6.45, 7) is 3.77. The van der Waals surface area contributed by atoms with Crippen LogP contribution < -0.4 is 15.8 Å². The number of ether oxygens (including phenoxy) is 1. The molecule has 1 amide bonds. The first-order valence-corrected chi connectivity index (χ1v) is 11.4. The highest BCUT2D eigenvalue weighted by atomic mass is 32.1. The number of aliphatic carboxylic acids is 2. The number of benzene rings is 1. The first-order chi connectivity index (χ1) is 16.4. The Morgan fingerprint density at radius 1 is 1.17 bits per heavy atom. The summed E-state index contributed by atoms with van der Waals surface area (Å²) in [5.74, 6) is -6.31. The highest BCUT2D eigenvalue weighted by molar-refractivity contribution is 7.13. The maximum absolute atomic E-state index is 14.2. The summed E-state index contributed by atoms with van der Waals surface area (Å²) in [5, 5.41) is 27.7. The molecule has 35 heavy (non-hydrogen) atoms. The number of amidine groups is 1. The SMILES string of the molecule is CC(C)CC(Cc1ccc(C(=O)Oc2ccc(C(=N)N)cc2F)s1)C(=O)N[C@@H](CC(=O)O)C(=O)O. The molecule has 0 aliphatic heterocycles. The average molecular weight is 508 g/mol. The van der Waals surface area contributed by atoms with E-state index in [2.05, 4.69) is 5.32 Å². The maximum Gasteiger partial charge on any atom is 0.353 e. The first kappa shape index (κ1) is 27.4. The summed E-state index contributed by atoms with van der Waals surface area (Å²) in [4.78, 5) is 48.2. The lowest BCUT2D eigenvalue weighted by atomic mass is 9.92. The zero-order valence-corrected chi connectivity index (χ0v) is 19.9. The Kier molecular flexibility index (Phi) is 9.46. The van der Waals surface area contributed by atoms with Gasteiger partial charge in [0.05, 0.1) is 6.42 Å². The number of amides is 1. The Hall–Kier alpha value is -3.80. The summed E-state index contributed by atoms with van der Waals surface area (Å²) in [6, 6.07) is 5.04. The number of hydrogen-bond donors (Lipinski definition) is 5. The van der Waals surface area contributed by atoms with Crippen molar-refractivity contribution in [3.63, 3.8) is 0 Å². The van der Waals surface area contributed by atoms with E-state index in [0.717, 1.165) is 17.4 Å². The Bertz CT molecular complexity index is 1130. The molecule has 10 nitrogen and oxygen atoms in total. The molecule has 0 saturated heterocycles. The number of halogens is 1. The second kappa shape index (κ2) is 12.1. The molecule has 0 radical (unpaired) electrons. The van der Waals surface area contributed by atoms with Crippen LogP contribution in [-0.2, 0) is 20.8 Å². The van der Waals surface area contributed by atoms with E-state index in [0.29, 0.717) is 11.3 Å². The second-order valence-corrected chi connectivity index (χ2v) is 9.41. The Morgan fingerprint density at radius 3 is 2.40 bits per heavy atom. The minimum Gasteiger partial charge on any atom is -0.481 e. The van der Waals surface area contributed by atoms with Gasteiger partial charge in [-0.3, -0.25) is 15.0 Å². The number of nitrogens with two attached hydrogens (primary N) is 1. The lowest BCUT2D eigenvalue weighted by Crippen LogP contribution is -2.45. The quantitative estimate of drug-likeness (QED) is 0.126. The van der Waals surface area contributed by atoms with Gasteiger partial charge in [-0.2, -0.15) is 0 Å². The zero-order valence-electron chi connectivity index (χ0n) is 19.0. The van der Waals surface area contributed by atoms with Crippen LogP contribution in [-0.4, -0.2) is 45.9 Å². The van der Waals surface area contributed by atoms with Crippen LogP contribution in [0.1, 0.15) is 46.8 Å². The van der Waals surface area contributed by atoms with Gasteiger partial charge >= 0.3 is 17.9 Å². The van der Waals surface area contributed by atoms with Gasteiger partial charge in [-0.05, 0) is 49.1 Å². The number of thiophene rings is 1. The molecule has 0 aliphatic rings. The summed E-state index contributed by atoms with van der Waals surface area (Å²) in [5.41, 5.74) is 5.45. The molecule has 1 aromatic heterocycles. The van der Waals surface area contributed by atoms with Gasteiger partial charge in [-0.1, -0.05) is 13.8 Å². The van der Waals surface area contributed by atoms with Crippen LogP contribution in [0.3, 0.4) is 0 Å². The van der Waals surface area contributed by atoms with E-state index >= 15 is 0 Å². The smallest absolute Gasteiger partial charge is 0.353 e. The minimum absolute atomic E-state index is 0.0823. The highest BCUT2D eigenvalue weighted by Gasteiger charge is 2.28. The van der Waals surface area contributed by atoms with Crippen LogP contribution in [0.5, 0.6) is 5.75 Å². The number of carboxylic acid groups (broad SMARTS) is 2. The van der Waals surface area contributed by atoms with Crippen LogP contribution in [0.25, 0.3) is 0 Å². The first-order valence-electron chi connectivity index (χ1n) is 10.6. The Morgan fingerprint density at radius 2 is 1.86 bits per heavy atom. The van der Waals surface area contributed by atoms with E-state index in [1.165, 1.54) is 18.2 Å². The third kappa shape index (κ3) is 8.18. The largest absolute Gasteiger partial charge is 0.481 e. The van der Waals surface area contributed by atoms with Gasteiger partial charge in [-0.25, -0.2) is 14.0 Å². The number of esters is 1. The van der Waals surface area contributed by atoms with Gasteiger partial charge in [-0.15, -0.1) is 11.3 Å². The number of hydrogen-bond acceptors (Lipinski definition) is 7. The highest BCUT2D eigenvalue weighted by Crippen LogP contribution is 2.26. The van der Waals surface area contributed by atoms with Crippen LogP contribution in [0.4, 0.5) is 4.39 Å². The van der Waals surface area contributed by atoms with Crippen molar-refractivity contribution in [1.29, 1.82) is 5.41 Å². The van der Waals surface area contributed by atoms with Crippen molar-refractivity contribution in [3.05, 3.63) is 51.5 Å². The van der Waals surface area contributed by atoms with Gasteiger partial charge in [0.2, 0.25) is 5.91 Å². The molecule has 1 heterocycles. The van der Waals surface area contributed by atoms with E-state index in [1.807, 2.05) is 13.8 Å². The number of carbonyl (C=O) groups excluding carboxylic acids is 2. The molecule has 1 aromatic carbocycles. The third-order valence-corrected chi connectivity index (χ3v) is 5.96. The molecule has 0 fully saturated rings. The van der Waals surface area contributed by atoms with Crippen LogP contribution >= 0.6 is 11.3 Å². The molecule has 12 heteroatoms. The molecule has 0 aliphatic carbocycles. The Labute approximate surface area is 204 Å². The predicted octanol–water partition coefficient (Wildman–Crippen LogP) is 2.64. The van der Waals surface area contributed by atoms with Gasteiger partial charge in [0, 0.05) is 16.4 Å². The molecule has 0 saturated carbocycles. The fraction of sp³-hybridized carbons (Fsp3) is 0.348. The molecule has 188 valence electrons. The van der Waals surface area contributed by atoms with Crippen molar-refractivity contribution in [1.82, 2.24) is 5.32 Å². The number of nitrogens with one attached hydrogen (secondary N) is 2. The third-order valence-electron chi connectivity index (χ3n) is 4.88. The molecule has 2 atom stereocenters. The number of carboxylic acids is 2. The summed E-state index contributed by atoms with van der Waals surface area (Å²) in [7, 11) is 0. The molecule has 0 bridgehead atoms. The van der Waals surface area contributed by atoms with Gasteiger partial charge in [0.15, 0.2) is 11.6 Å². The monoisotopic (exact) mass is 507 g/mol. The van der Waals surface area contributed by atoms with E-state index < -0.39 is 48.0 Å². The van der Waals surface area contributed by atoms with Crippen molar-refractivity contribution in [2.45, 2.75) is 39.2 Å². The lowest BCUT2D eigenvalue weighted by Gasteiger charge is -2.20. The zero-order chi connectivity index (χ0) is 26.3. The normalized spacial score (nSPS) is 12.6. The van der Waals surface area contributed by atoms with E-state index in [1.54, 1.807) is 6.07 Å². The van der Waals surface area contributed by atoms with E-state index in [-0.39, 0.29) is 34.4 Å².